The first-order valence-corrected chi connectivity index (χ1v) is 9.40. The molecule has 1 amide bonds. The van der Waals surface area contributed by atoms with E-state index in [1.807, 2.05) is 11.8 Å². The number of carbonyl (C=O) groups is 1. The summed E-state index contributed by atoms with van der Waals surface area (Å²) in [6, 6.07) is 4.82. The highest BCUT2D eigenvalue weighted by molar-refractivity contribution is 7.89. The number of hydrogen-bond acceptors (Lipinski definition) is 6. The number of hydrogen-bond donors (Lipinski definition) is 1. The summed E-state index contributed by atoms with van der Waals surface area (Å²) < 4.78 is 28.0. The van der Waals surface area contributed by atoms with Gasteiger partial charge in [0.1, 0.15) is 22.2 Å². The summed E-state index contributed by atoms with van der Waals surface area (Å²) in [6.45, 7) is 5.95. The maximum Gasteiger partial charge on any atom is 0.257 e. The fraction of sp³-hybridized carbons (Fsp3) is 0.375. The van der Waals surface area contributed by atoms with Crippen LogP contribution in [-0.2, 0) is 10.0 Å². The average Bonchev–Trinajstić information content (AvgIpc) is 2.92. The number of sulfonamides is 1. The van der Waals surface area contributed by atoms with Crippen molar-refractivity contribution in [3.63, 3.8) is 0 Å². The van der Waals surface area contributed by atoms with E-state index in [1.54, 1.807) is 24.0 Å². The third kappa shape index (κ3) is 3.67. The molecular formula is C16H20N4O4S. The van der Waals surface area contributed by atoms with Crippen molar-refractivity contribution in [3.05, 3.63) is 41.5 Å². The van der Waals surface area contributed by atoms with Crippen molar-refractivity contribution in [2.24, 2.45) is 5.14 Å². The normalized spacial score (nSPS) is 15.5. The van der Waals surface area contributed by atoms with Gasteiger partial charge in [-0.2, -0.15) is 0 Å². The van der Waals surface area contributed by atoms with Gasteiger partial charge in [0, 0.05) is 32.4 Å². The van der Waals surface area contributed by atoms with E-state index in [4.69, 9.17) is 9.56 Å². The monoisotopic (exact) mass is 364 g/mol. The van der Waals surface area contributed by atoms with Crippen LogP contribution in [0.1, 0.15) is 21.9 Å². The van der Waals surface area contributed by atoms with Crippen molar-refractivity contribution >= 4 is 21.7 Å². The van der Waals surface area contributed by atoms with E-state index in [0.717, 1.165) is 5.76 Å². The average molecular weight is 364 g/mol. The summed E-state index contributed by atoms with van der Waals surface area (Å²) in [7, 11) is -3.75. The summed E-state index contributed by atoms with van der Waals surface area (Å²) in [5.74, 6) is 1.98. The highest BCUT2D eigenvalue weighted by Crippen LogP contribution is 2.19. The number of anilines is 1. The number of aromatic nitrogens is 1. The molecule has 3 heterocycles. The van der Waals surface area contributed by atoms with Crippen molar-refractivity contribution in [1.29, 1.82) is 0 Å². The van der Waals surface area contributed by atoms with Gasteiger partial charge in [-0.3, -0.25) is 4.79 Å². The first-order chi connectivity index (χ1) is 11.8. The zero-order chi connectivity index (χ0) is 18.2. The zero-order valence-corrected chi connectivity index (χ0v) is 14.9. The number of primary sulfonamides is 1. The van der Waals surface area contributed by atoms with Gasteiger partial charge in [0.2, 0.25) is 10.0 Å². The Hall–Kier alpha value is -2.39. The molecule has 0 atom stereocenters. The predicted molar refractivity (Wildman–Crippen MR) is 91.9 cm³/mol. The lowest BCUT2D eigenvalue weighted by atomic mass is 10.2. The molecular weight excluding hydrogens is 344 g/mol. The number of amides is 1. The topological polar surface area (TPSA) is 110 Å². The van der Waals surface area contributed by atoms with Crippen LogP contribution in [0.5, 0.6) is 0 Å². The zero-order valence-electron chi connectivity index (χ0n) is 14.1. The maximum absolute atomic E-state index is 12.6. The van der Waals surface area contributed by atoms with E-state index in [-0.39, 0.29) is 10.8 Å². The van der Waals surface area contributed by atoms with Crippen molar-refractivity contribution in [3.8, 4) is 0 Å². The van der Waals surface area contributed by atoms with Crippen molar-refractivity contribution in [1.82, 2.24) is 9.88 Å². The Balaban J connectivity index is 1.65. The quantitative estimate of drug-likeness (QED) is 0.866. The number of furan rings is 1. The molecule has 9 heteroatoms. The molecule has 0 spiro atoms. The molecule has 25 heavy (non-hydrogen) atoms. The molecule has 0 aromatic carbocycles. The first kappa shape index (κ1) is 17.4. The minimum absolute atomic E-state index is 0.0177. The van der Waals surface area contributed by atoms with Crippen LogP contribution < -0.4 is 10.0 Å². The lowest BCUT2D eigenvalue weighted by Crippen LogP contribution is -2.49. The van der Waals surface area contributed by atoms with Crippen LogP contribution in [0, 0.1) is 13.8 Å². The Labute approximate surface area is 146 Å². The van der Waals surface area contributed by atoms with Crippen LogP contribution in [0.3, 0.4) is 0 Å². The molecule has 2 N–H and O–H groups in total. The molecule has 1 aliphatic heterocycles. The van der Waals surface area contributed by atoms with Crippen molar-refractivity contribution < 1.29 is 17.6 Å². The Morgan fingerprint density at radius 3 is 2.36 bits per heavy atom. The molecule has 2 aromatic rings. The van der Waals surface area contributed by atoms with Crippen LogP contribution in [0.15, 0.2) is 33.7 Å². The number of rotatable bonds is 3. The van der Waals surface area contributed by atoms with Gasteiger partial charge in [0.05, 0.1) is 5.56 Å². The van der Waals surface area contributed by atoms with Gasteiger partial charge in [-0.1, -0.05) is 0 Å². The second-order valence-electron chi connectivity index (χ2n) is 6.00. The van der Waals surface area contributed by atoms with Crippen molar-refractivity contribution in [2.45, 2.75) is 18.7 Å². The molecule has 3 rings (SSSR count). The fourth-order valence-electron chi connectivity index (χ4n) is 2.88. The van der Waals surface area contributed by atoms with E-state index in [2.05, 4.69) is 4.98 Å². The number of nitrogens with two attached hydrogens (primary N) is 1. The summed E-state index contributed by atoms with van der Waals surface area (Å²) in [6.07, 6.45) is 1.25. The van der Waals surface area contributed by atoms with E-state index in [1.165, 1.54) is 12.3 Å². The lowest BCUT2D eigenvalue weighted by Gasteiger charge is -2.35. The molecule has 0 radical (unpaired) electrons. The van der Waals surface area contributed by atoms with Crippen LogP contribution in [0.2, 0.25) is 0 Å². The minimum Gasteiger partial charge on any atom is -0.466 e. The van der Waals surface area contributed by atoms with Crippen molar-refractivity contribution in [2.75, 3.05) is 31.1 Å². The summed E-state index contributed by atoms with van der Waals surface area (Å²) in [5, 5.41) is 5.07. The summed E-state index contributed by atoms with van der Waals surface area (Å²) >= 11 is 0. The van der Waals surface area contributed by atoms with Gasteiger partial charge < -0.3 is 14.2 Å². The Morgan fingerprint density at radius 1 is 1.20 bits per heavy atom. The standard InChI is InChI=1S/C16H20N4O4S/c1-11-9-14(12(2)24-11)16(21)20-7-5-19(6-8-20)15-4-3-13(10-18-15)25(17,22)23/h3-4,9-10H,5-8H2,1-2H3,(H2,17,22,23). The number of carbonyl (C=O) groups excluding carboxylic acids is 1. The van der Waals surface area contributed by atoms with Crippen LogP contribution in [0.4, 0.5) is 5.82 Å². The highest BCUT2D eigenvalue weighted by Gasteiger charge is 2.25. The largest absolute Gasteiger partial charge is 0.466 e. The molecule has 0 saturated carbocycles. The van der Waals surface area contributed by atoms with Gasteiger partial charge in [-0.25, -0.2) is 18.5 Å². The Kier molecular flexibility index (Phi) is 4.53. The van der Waals surface area contributed by atoms with Gasteiger partial charge in [-0.05, 0) is 32.0 Å². The molecule has 1 aliphatic rings. The van der Waals surface area contributed by atoms with Gasteiger partial charge >= 0.3 is 0 Å². The predicted octanol–water partition coefficient (Wildman–Crippen LogP) is 0.901. The molecule has 0 aliphatic carbocycles. The number of pyridine rings is 1. The fourth-order valence-corrected chi connectivity index (χ4v) is 3.34. The highest BCUT2D eigenvalue weighted by atomic mass is 32.2. The second-order valence-corrected chi connectivity index (χ2v) is 7.56. The molecule has 1 saturated heterocycles. The van der Waals surface area contributed by atoms with Crippen LogP contribution in [0.25, 0.3) is 0 Å². The summed E-state index contributed by atoms with van der Waals surface area (Å²) in [4.78, 5) is 20.5. The minimum atomic E-state index is -3.75. The smallest absolute Gasteiger partial charge is 0.257 e. The molecule has 0 bridgehead atoms. The third-order valence-electron chi connectivity index (χ3n) is 4.21. The number of nitrogens with zero attached hydrogens (tertiary/aromatic N) is 3. The molecule has 134 valence electrons. The number of aryl methyl sites for hydroxylation is 2. The molecule has 8 nitrogen and oxygen atoms in total. The molecule has 1 fully saturated rings. The Bertz CT molecular complexity index is 881. The maximum atomic E-state index is 12.6. The van der Waals surface area contributed by atoms with Gasteiger partial charge in [0.15, 0.2) is 0 Å². The second kappa shape index (κ2) is 6.49. The number of piperazine rings is 1. The van der Waals surface area contributed by atoms with Crippen LogP contribution in [-0.4, -0.2) is 50.4 Å². The van der Waals surface area contributed by atoms with Crippen LogP contribution >= 0.6 is 0 Å². The SMILES string of the molecule is Cc1cc(C(=O)N2CCN(c3ccc(S(N)(=O)=O)cn3)CC2)c(C)o1. The van der Waals surface area contributed by atoms with Gasteiger partial charge in [0.25, 0.3) is 5.91 Å². The lowest BCUT2D eigenvalue weighted by molar-refractivity contribution is 0.0744. The van der Waals surface area contributed by atoms with E-state index >= 15 is 0 Å². The third-order valence-corrected chi connectivity index (χ3v) is 5.11. The van der Waals surface area contributed by atoms with E-state index < -0.39 is 10.0 Å². The van der Waals surface area contributed by atoms with Gasteiger partial charge in [-0.15, -0.1) is 0 Å². The Morgan fingerprint density at radius 2 is 1.88 bits per heavy atom. The first-order valence-electron chi connectivity index (χ1n) is 7.86. The summed E-state index contributed by atoms with van der Waals surface area (Å²) in [5.41, 5.74) is 0.599. The molecule has 2 aromatic heterocycles. The van der Waals surface area contributed by atoms with E-state index in [0.29, 0.717) is 43.3 Å². The molecule has 0 unspecified atom stereocenters. The van der Waals surface area contributed by atoms with E-state index in [9.17, 15) is 13.2 Å².